The van der Waals surface area contributed by atoms with Gasteiger partial charge in [-0.25, -0.2) is 0 Å². The van der Waals surface area contributed by atoms with E-state index in [2.05, 4.69) is 47.4 Å². The van der Waals surface area contributed by atoms with Crippen LogP contribution in [0.2, 0.25) is 0 Å². The summed E-state index contributed by atoms with van der Waals surface area (Å²) in [5.74, 6) is 0. The van der Waals surface area contributed by atoms with Gasteiger partial charge in [-0.2, -0.15) is 0 Å². The minimum atomic E-state index is 0.581. The zero-order valence-electron chi connectivity index (χ0n) is 12.2. The van der Waals surface area contributed by atoms with Gasteiger partial charge in [-0.3, -0.25) is 10.7 Å². The molecule has 108 valence electrons. The van der Waals surface area contributed by atoms with E-state index >= 15 is 0 Å². The molecular formula is C16H23N3O. The Labute approximate surface area is 120 Å². The van der Waals surface area contributed by atoms with Crippen LogP contribution in [-0.4, -0.2) is 34.8 Å². The highest BCUT2D eigenvalue weighted by molar-refractivity contribution is 5.83. The molecule has 2 aromatic rings. The van der Waals surface area contributed by atoms with E-state index in [-0.39, 0.29) is 0 Å². The maximum Gasteiger partial charge on any atom is 0.0623 e. The SMILES string of the molecule is CN(C)C1CCC(n2ccc3ccc(NO)cc32)CC1. The number of hydrogen-bond donors (Lipinski definition) is 2. The van der Waals surface area contributed by atoms with Crippen LogP contribution in [0, 0.1) is 0 Å². The number of nitrogens with zero attached hydrogens (tertiary/aromatic N) is 2. The molecule has 3 rings (SSSR count). The average Bonchev–Trinajstić information content (AvgIpc) is 2.90. The second-order valence-electron chi connectivity index (χ2n) is 6.03. The van der Waals surface area contributed by atoms with Crippen LogP contribution in [0.1, 0.15) is 31.7 Å². The summed E-state index contributed by atoms with van der Waals surface area (Å²) < 4.78 is 2.38. The highest BCUT2D eigenvalue weighted by Gasteiger charge is 2.24. The molecule has 1 aliphatic rings. The van der Waals surface area contributed by atoms with Gasteiger partial charge >= 0.3 is 0 Å². The van der Waals surface area contributed by atoms with Crippen LogP contribution in [0.3, 0.4) is 0 Å². The van der Waals surface area contributed by atoms with Gasteiger partial charge in [0.25, 0.3) is 0 Å². The van der Waals surface area contributed by atoms with Gasteiger partial charge < -0.3 is 9.47 Å². The van der Waals surface area contributed by atoms with Crippen LogP contribution < -0.4 is 5.48 Å². The topological polar surface area (TPSA) is 40.4 Å². The molecule has 1 aromatic carbocycles. The molecule has 1 aliphatic carbocycles. The Morgan fingerprint density at radius 3 is 2.55 bits per heavy atom. The lowest BCUT2D eigenvalue weighted by atomic mass is 9.90. The molecule has 0 atom stereocenters. The first kappa shape index (κ1) is 13.5. The van der Waals surface area contributed by atoms with Crippen LogP contribution in [0.15, 0.2) is 30.5 Å². The number of nitrogens with one attached hydrogen (secondary N) is 1. The third-order valence-corrected chi connectivity index (χ3v) is 4.64. The average molecular weight is 273 g/mol. The zero-order chi connectivity index (χ0) is 14.1. The van der Waals surface area contributed by atoms with Crippen molar-refractivity contribution < 1.29 is 5.21 Å². The lowest BCUT2D eigenvalue weighted by molar-refractivity contribution is 0.197. The summed E-state index contributed by atoms with van der Waals surface area (Å²) in [7, 11) is 4.35. The largest absolute Gasteiger partial charge is 0.344 e. The molecule has 0 bridgehead atoms. The fraction of sp³-hybridized carbons (Fsp3) is 0.500. The smallest absolute Gasteiger partial charge is 0.0623 e. The van der Waals surface area contributed by atoms with Crippen LogP contribution in [0.5, 0.6) is 0 Å². The van der Waals surface area contributed by atoms with Crippen molar-refractivity contribution in [2.45, 2.75) is 37.8 Å². The highest BCUT2D eigenvalue weighted by atomic mass is 16.5. The molecule has 20 heavy (non-hydrogen) atoms. The molecule has 1 heterocycles. The maximum absolute atomic E-state index is 9.07. The monoisotopic (exact) mass is 273 g/mol. The van der Waals surface area contributed by atoms with Crippen molar-refractivity contribution in [3.05, 3.63) is 30.5 Å². The van der Waals surface area contributed by atoms with E-state index in [0.717, 1.165) is 11.7 Å². The minimum Gasteiger partial charge on any atom is -0.344 e. The van der Waals surface area contributed by atoms with E-state index in [4.69, 9.17) is 5.21 Å². The van der Waals surface area contributed by atoms with Gasteiger partial charge in [0, 0.05) is 18.3 Å². The van der Waals surface area contributed by atoms with Gasteiger partial charge in [0.05, 0.1) is 11.2 Å². The van der Waals surface area contributed by atoms with E-state index in [1.165, 1.54) is 36.6 Å². The van der Waals surface area contributed by atoms with E-state index in [9.17, 15) is 0 Å². The third-order valence-electron chi connectivity index (χ3n) is 4.64. The fourth-order valence-electron chi connectivity index (χ4n) is 3.39. The Hall–Kier alpha value is -1.52. The van der Waals surface area contributed by atoms with Gasteiger partial charge in [0.1, 0.15) is 0 Å². The van der Waals surface area contributed by atoms with Crippen LogP contribution in [0.25, 0.3) is 10.9 Å². The highest BCUT2D eigenvalue weighted by Crippen LogP contribution is 2.33. The Bertz CT molecular complexity index is 582. The van der Waals surface area contributed by atoms with E-state index in [1.54, 1.807) is 0 Å². The van der Waals surface area contributed by atoms with Gasteiger partial charge in [0.15, 0.2) is 0 Å². The number of fused-ring (bicyclic) bond motifs is 1. The summed E-state index contributed by atoms with van der Waals surface area (Å²) in [5, 5.41) is 10.3. The fourth-order valence-corrected chi connectivity index (χ4v) is 3.39. The number of rotatable bonds is 3. The lowest BCUT2D eigenvalue weighted by Crippen LogP contribution is -2.32. The molecular weight excluding hydrogens is 250 g/mol. The molecule has 4 heteroatoms. The van der Waals surface area contributed by atoms with Crippen molar-refractivity contribution in [2.75, 3.05) is 19.6 Å². The molecule has 1 fully saturated rings. The molecule has 0 unspecified atom stereocenters. The summed E-state index contributed by atoms with van der Waals surface area (Å²) >= 11 is 0. The predicted molar refractivity (Wildman–Crippen MR) is 82.3 cm³/mol. The standard InChI is InChI=1S/C16H23N3O/c1-18(2)14-5-7-15(8-6-14)19-10-9-12-3-4-13(17-20)11-16(12)19/h3-4,9-11,14-15,17,20H,5-8H2,1-2H3. The number of benzene rings is 1. The molecule has 0 aliphatic heterocycles. The second-order valence-corrected chi connectivity index (χ2v) is 6.03. The Morgan fingerprint density at radius 1 is 1.15 bits per heavy atom. The molecule has 0 spiro atoms. The molecule has 0 saturated heterocycles. The van der Waals surface area contributed by atoms with Crippen LogP contribution in [-0.2, 0) is 0 Å². The summed E-state index contributed by atoms with van der Waals surface area (Å²) in [4.78, 5) is 2.35. The summed E-state index contributed by atoms with van der Waals surface area (Å²) in [6.07, 6.45) is 7.16. The summed E-state index contributed by atoms with van der Waals surface area (Å²) in [6.45, 7) is 0. The lowest BCUT2D eigenvalue weighted by Gasteiger charge is -2.33. The quantitative estimate of drug-likeness (QED) is 0.841. The first-order chi connectivity index (χ1) is 9.69. The Morgan fingerprint density at radius 2 is 1.90 bits per heavy atom. The summed E-state index contributed by atoms with van der Waals surface area (Å²) in [6, 6.07) is 9.44. The van der Waals surface area contributed by atoms with Gasteiger partial charge in [-0.15, -0.1) is 0 Å². The van der Waals surface area contributed by atoms with E-state index in [0.29, 0.717) is 6.04 Å². The molecule has 4 nitrogen and oxygen atoms in total. The van der Waals surface area contributed by atoms with Gasteiger partial charge in [0.2, 0.25) is 0 Å². The first-order valence-corrected chi connectivity index (χ1v) is 7.36. The van der Waals surface area contributed by atoms with E-state index < -0.39 is 0 Å². The first-order valence-electron chi connectivity index (χ1n) is 7.36. The Balaban J connectivity index is 1.84. The zero-order valence-corrected chi connectivity index (χ0v) is 12.2. The molecule has 1 saturated carbocycles. The number of aromatic nitrogens is 1. The van der Waals surface area contributed by atoms with Crippen molar-refractivity contribution in [3.63, 3.8) is 0 Å². The van der Waals surface area contributed by atoms with Crippen LogP contribution in [0.4, 0.5) is 5.69 Å². The van der Waals surface area contributed by atoms with Crippen molar-refractivity contribution in [1.29, 1.82) is 0 Å². The molecule has 1 aromatic heterocycles. The molecule has 0 amide bonds. The van der Waals surface area contributed by atoms with Crippen molar-refractivity contribution in [2.24, 2.45) is 0 Å². The number of hydrogen-bond acceptors (Lipinski definition) is 3. The van der Waals surface area contributed by atoms with Gasteiger partial charge in [-0.1, -0.05) is 6.07 Å². The Kier molecular flexibility index (Phi) is 3.68. The van der Waals surface area contributed by atoms with Crippen molar-refractivity contribution in [3.8, 4) is 0 Å². The van der Waals surface area contributed by atoms with Gasteiger partial charge in [-0.05, 0) is 63.4 Å². The predicted octanol–water partition coefficient (Wildman–Crippen LogP) is 3.49. The maximum atomic E-state index is 9.07. The molecule has 2 N–H and O–H groups in total. The van der Waals surface area contributed by atoms with Crippen molar-refractivity contribution in [1.82, 2.24) is 9.47 Å². The normalized spacial score (nSPS) is 23.4. The minimum absolute atomic E-state index is 0.581. The number of anilines is 1. The third kappa shape index (κ3) is 2.41. The van der Waals surface area contributed by atoms with Crippen molar-refractivity contribution >= 4 is 16.6 Å². The van der Waals surface area contributed by atoms with Crippen LogP contribution >= 0.6 is 0 Å². The summed E-state index contributed by atoms with van der Waals surface area (Å²) in [5.41, 5.74) is 4.20. The van der Waals surface area contributed by atoms with E-state index in [1.807, 2.05) is 12.1 Å². The second kappa shape index (κ2) is 5.46. The molecule has 0 radical (unpaired) electrons.